The molecule has 0 aliphatic heterocycles. The molecular weight excluding hydrogens is 316 g/mol. The van der Waals surface area contributed by atoms with Gasteiger partial charge in [-0.1, -0.05) is 23.7 Å². The van der Waals surface area contributed by atoms with E-state index in [1.54, 1.807) is 49.5 Å². The van der Waals surface area contributed by atoms with E-state index in [1.165, 1.54) is 6.20 Å². The lowest BCUT2D eigenvalue weighted by atomic mass is 10.1. The molecule has 1 aromatic carbocycles. The predicted octanol–water partition coefficient (Wildman–Crippen LogP) is 2.01. The Balaban J connectivity index is 1.84. The molecule has 0 atom stereocenters. The van der Waals surface area contributed by atoms with Gasteiger partial charge in [-0.05, 0) is 36.8 Å². The van der Waals surface area contributed by atoms with E-state index in [1.807, 2.05) is 0 Å². The highest BCUT2D eigenvalue weighted by Gasteiger charge is 2.07. The van der Waals surface area contributed by atoms with Crippen LogP contribution >= 0.6 is 11.6 Å². The minimum Gasteiger partial charge on any atom is -0.343 e. The number of hydrazone groups is 1. The fourth-order valence-electron chi connectivity index (χ4n) is 1.70. The van der Waals surface area contributed by atoms with Crippen LogP contribution in [0.3, 0.4) is 0 Å². The average molecular weight is 331 g/mol. The minimum absolute atomic E-state index is 0.175. The van der Waals surface area contributed by atoms with E-state index < -0.39 is 5.91 Å². The molecule has 1 heterocycles. The van der Waals surface area contributed by atoms with Crippen LogP contribution in [0.15, 0.2) is 53.9 Å². The molecule has 0 spiro atoms. The maximum absolute atomic E-state index is 11.8. The van der Waals surface area contributed by atoms with Gasteiger partial charge in [-0.25, -0.2) is 5.43 Å². The van der Waals surface area contributed by atoms with Gasteiger partial charge in [0, 0.05) is 17.4 Å². The lowest BCUT2D eigenvalue weighted by Crippen LogP contribution is -2.35. The molecule has 0 radical (unpaired) electrons. The monoisotopic (exact) mass is 330 g/mol. The molecule has 2 rings (SSSR count). The van der Waals surface area contributed by atoms with Crippen molar-refractivity contribution in [3.63, 3.8) is 0 Å². The standard InChI is InChI=1S/C16H15ClN4O2/c1-11(12-4-6-14(17)7-5-12)20-21-15(22)10-19-16(23)13-3-2-8-18-9-13/h2-9H,10H2,1H3,(H,19,23)(H,21,22). The maximum atomic E-state index is 11.8. The van der Waals surface area contributed by atoms with Gasteiger partial charge in [0.05, 0.1) is 17.8 Å². The Morgan fingerprint density at radius 1 is 1.17 bits per heavy atom. The molecule has 0 aliphatic rings. The predicted molar refractivity (Wildman–Crippen MR) is 88.4 cm³/mol. The van der Waals surface area contributed by atoms with E-state index in [9.17, 15) is 9.59 Å². The number of pyridine rings is 1. The SMILES string of the molecule is CC(=NNC(=O)CNC(=O)c1cccnc1)c1ccc(Cl)cc1. The van der Waals surface area contributed by atoms with E-state index in [4.69, 9.17) is 11.6 Å². The molecule has 0 fully saturated rings. The molecule has 6 nitrogen and oxygen atoms in total. The van der Waals surface area contributed by atoms with Crippen LogP contribution < -0.4 is 10.7 Å². The van der Waals surface area contributed by atoms with Crippen LogP contribution in [0.1, 0.15) is 22.8 Å². The first-order chi connectivity index (χ1) is 11.1. The molecule has 0 bridgehead atoms. The molecule has 2 amide bonds. The number of carbonyl (C=O) groups excluding carboxylic acids is 2. The zero-order valence-electron chi connectivity index (χ0n) is 12.4. The van der Waals surface area contributed by atoms with Gasteiger partial charge in [0.2, 0.25) is 0 Å². The summed E-state index contributed by atoms with van der Waals surface area (Å²) in [7, 11) is 0. The smallest absolute Gasteiger partial charge is 0.259 e. The number of aromatic nitrogens is 1. The number of carbonyl (C=O) groups is 2. The quantitative estimate of drug-likeness (QED) is 0.649. The summed E-state index contributed by atoms with van der Waals surface area (Å²) in [4.78, 5) is 27.3. The second-order valence-corrected chi connectivity index (χ2v) is 5.10. The van der Waals surface area contributed by atoms with Crippen LogP contribution in [-0.2, 0) is 4.79 Å². The minimum atomic E-state index is -0.421. The highest BCUT2D eigenvalue weighted by Crippen LogP contribution is 2.09. The van der Waals surface area contributed by atoms with Crippen LogP contribution in [0.2, 0.25) is 5.02 Å². The van der Waals surface area contributed by atoms with Crippen molar-refractivity contribution in [2.75, 3.05) is 6.54 Å². The van der Waals surface area contributed by atoms with Gasteiger partial charge in [0.25, 0.3) is 11.8 Å². The first-order valence-corrected chi connectivity index (χ1v) is 7.21. The normalized spacial score (nSPS) is 11.0. The van der Waals surface area contributed by atoms with Gasteiger partial charge >= 0.3 is 0 Å². The summed E-state index contributed by atoms with van der Waals surface area (Å²) in [6, 6.07) is 10.4. The third-order valence-corrected chi connectivity index (χ3v) is 3.20. The van der Waals surface area contributed by atoms with Gasteiger partial charge in [0.15, 0.2) is 0 Å². The Bertz CT molecular complexity index is 715. The Kier molecular flexibility index (Phi) is 5.82. The molecule has 2 N–H and O–H groups in total. The number of hydrogen-bond donors (Lipinski definition) is 2. The lowest BCUT2D eigenvalue weighted by Gasteiger charge is -2.05. The molecule has 1 aromatic heterocycles. The summed E-state index contributed by atoms with van der Waals surface area (Å²) in [6.07, 6.45) is 2.99. The van der Waals surface area contributed by atoms with Gasteiger partial charge in [-0.2, -0.15) is 5.10 Å². The number of hydrogen-bond acceptors (Lipinski definition) is 4. The summed E-state index contributed by atoms with van der Waals surface area (Å²) in [5.41, 5.74) is 4.25. The Hall–Kier alpha value is -2.73. The van der Waals surface area contributed by atoms with Crippen molar-refractivity contribution >= 4 is 29.1 Å². The van der Waals surface area contributed by atoms with Crippen LogP contribution in [-0.4, -0.2) is 29.1 Å². The summed E-state index contributed by atoms with van der Waals surface area (Å²) in [5, 5.41) is 7.11. The van der Waals surface area contributed by atoms with Gasteiger partial charge in [-0.3, -0.25) is 14.6 Å². The number of nitrogens with zero attached hydrogens (tertiary/aromatic N) is 2. The van der Waals surface area contributed by atoms with Gasteiger partial charge in [-0.15, -0.1) is 0 Å². The first-order valence-electron chi connectivity index (χ1n) is 6.83. The van der Waals surface area contributed by atoms with E-state index >= 15 is 0 Å². The largest absolute Gasteiger partial charge is 0.343 e. The molecule has 0 saturated heterocycles. The molecule has 7 heteroatoms. The van der Waals surface area contributed by atoms with Crippen LogP contribution in [0.5, 0.6) is 0 Å². The molecule has 0 saturated carbocycles. The number of nitrogens with one attached hydrogen (secondary N) is 2. The number of amides is 2. The Labute approximate surface area is 138 Å². The molecule has 23 heavy (non-hydrogen) atoms. The van der Waals surface area contributed by atoms with Crippen molar-refractivity contribution in [1.82, 2.24) is 15.7 Å². The summed E-state index contributed by atoms with van der Waals surface area (Å²) >= 11 is 5.81. The van der Waals surface area contributed by atoms with Crippen molar-refractivity contribution < 1.29 is 9.59 Å². The maximum Gasteiger partial charge on any atom is 0.259 e. The van der Waals surface area contributed by atoms with E-state index in [0.717, 1.165) is 5.56 Å². The molecular formula is C16H15ClN4O2. The van der Waals surface area contributed by atoms with Crippen molar-refractivity contribution in [2.45, 2.75) is 6.92 Å². The van der Waals surface area contributed by atoms with E-state index in [2.05, 4.69) is 20.8 Å². The second-order valence-electron chi connectivity index (χ2n) is 4.66. The molecule has 0 aliphatic carbocycles. The van der Waals surface area contributed by atoms with Gasteiger partial charge < -0.3 is 5.32 Å². The van der Waals surface area contributed by atoms with Crippen molar-refractivity contribution in [3.8, 4) is 0 Å². The fraction of sp³-hybridized carbons (Fsp3) is 0.125. The fourth-order valence-corrected chi connectivity index (χ4v) is 1.83. The Morgan fingerprint density at radius 3 is 2.57 bits per heavy atom. The molecule has 0 unspecified atom stereocenters. The summed E-state index contributed by atoms with van der Waals surface area (Å²) in [5.74, 6) is -0.790. The zero-order valence-corrected chi connectivity index (χ0v) is 13.2. The van der Waals surface area contributed by atoms with E-state index in [-0.39, 0.29) is 12.5 Å². The molecule has 2 aromatic rings. The number of rotatable bonds is 5. The number of benzene rings is 1. The van der Waals surface area contributed by atoms with Crippen LogP contribution in [0.25, 0.3) is 0 Å². The highest BCUT2D eigenvalue weighted by atomic mass is 35.5. The van der Waals surface area contributed by atoms with Crippen molar-refractivity contribution in [1.29, 1.82) is 0 Å². The van der Waals surface area contributed by atoms with E-state index in [0.29, 0.717) is 16.3 Å². The third-order valence-electron chi connectivity index (χ3n) is 2.94. The topological polar surface area (TPSA) is 83.5 Å². The second kappa shape index (κ2) is 8.05. The first kappa shape index (κ1) is 16.6. The summed E-state index contributed by atoms with van der Waals surface area (Å²) in [6.45, 7) is 1.59. The third kappa shape index (κ3) is 5.19. The van der Waals surface area contributed by atoms with Crippen LogP contribution in [0.4, 0.5) is 0 Å². The Morgan fingerprint density at radius 2 is 1.91 bits per heavy atom. The molecule has 118 valence electrons. The van der Waals surface area contributed by atoms with Crippen LogP contribution in [0, 0.1) is 0 Å². The average Bonchev–Trinajstić information content (AvgIpc) is 2.59. The number of halogens is 1. The van der Waals surface area contributed by atoms with Crippen molar-refractivity contribution in [3.05, 3.63) is 64.9 Å². The van der Waals surface area contributed by atoms with Gasteiger partial charge in [0.1, 0.15) is 0 Å². The van der Waals surface area contributed by atoms with Crippen molar-refractivity contribution in [2.24, 2.45) is 5.10 Å². The lowest BCUT2D eigenvalue weighted by molar-refractivity contribution is -0.120. The zero-order chi connectivity index (χ0) is 16.7. The summed E-state index contributed by atoms with van der Waals surface area (Å²) < 4.78 is 0. The highest BCUT2D eigenvalue weighted by molar-refractivity contribution is 6.30.